The summed E-state index contributed by atoms with van der Waals surface area (Å²) in [6, 6.07) is 8.31. The Morgan fingerprint density at radius 2 is 2.12 bits per heavy atom. The van der Waals surface area contributed by atoms with Crippen molar-refractivity contribution in [2.24, 2.45) is 0 Å². The lowest BCUT2D eigenvalue weighted by molar-refractivity contribution is -0.136. The number of nitrogens with zero attached hydrogens (tertiary/aromatic N) is 5. The average molecular weight is 342 g/mol. The topological polar surface area (TPSA) is 85.2 Å². The number of amides is 1. The molecule has 0 radical (unpaired) electrons. The summed E-state index contributed by atoms with van der Waals surface area (Å²) in [6.45, 7) is 4.20. The molecule has 0 bridgehead atoms. The summed E-state index contributed by atoms with van der Waals surface area (Å²) in [6.07, 6.45) is 2.38. The molecule has 2 fully saturated rings. The Balaban J connectivity index is 1.36. The largest absolute Gasteiger partial charge is 0.376 e. The number of carbonyl (C=O) groups is 1. The molecule has 8 nitrogen and oxygen atoms in total. The minimum Gasteiger partial charge on any atom is -0.376 e. The first-order valence-electron chi connectivity index (χ1n) is 8.72. The van der Waals surface area contributed by atoms with Gasteiger partial charge in [-0.3, -0.25) is 4.79 Å². The number of aromatic nitrogens is 4. The van der Waals surface area contributed by atoms with Gasteiger partial charge in [-0.1, -0.05) is 0 Å². The molecule has 2 aliphatic rings. The average Bonchev–Trinajstić information content (AvgIpc) is 3.37. The van der Waals surface area contributed by atoms with Gasteiger partial charge < -0.3 is 15.0 Å². The summed E-state index contributed by atoms with van der Waals surface area (Å²) in [4.78, 5) is 14.1. The fraction of sp³-hybridized carbons (Fsp3) is 0.529. The first kappa shape index (κ1) is 16.0. The van der Waals surface area contributed by atoms with Crippen molar-refractivity contribution in [3.05, 3.63) is 24.3 Å². The Bertz CT molecular complexity index is 740. The molecule has 132 valence electrons. The van der Waals surface area contributed by atoms with Gasteiger partial charge in [-0.2, -0.15) is 0 Å². The van der Waals surface area contributed by atoms with Gasteiger partial charge in [0, 0.05) is 24.3 Å². The predicted molar refractivity (Wildman–Crippen MR) is 92.0 cm³/mol. The van der Waals surface area contributed by atoms with Crippen LogP contribution in [-0.4, -0.2) is 63.4 Å². The maximum absolute atomic E-state index is 12.3. The normalized spacial score (nSPS) is 20.5. The van der Waals surface area contributed by atoms with Gasteiger partial charge in [0.25, 0.3) is 0 Å². The molecule has 2 heterocycles. The van der Waals surface area contributed by atoms with E-state index in [1.807, 2.05) is 40.8 Å². The molecule has 1 aromatic carbocycles. The summed E-state index contributed by atoms with van der Waals surface area (Å²) < 4.78 is 7.36. The van der Waals surface area contributed by atoms with Crippen molar-refractivity contribution in [1.29, 1.82) is 0 Å². The number of rotatable bonds is 5. The molecule has 0 spiro atoms. The van der Waals surface area contributed by atoms with Gasteiger partial charge in [0.2, 0.25) is 5.91 Å². The Hall–Kier alpha value is -2.48. The lowest BCUT2D eigenvalue weighted by atomic mass is 10.2. The molecule has 1 aliphatic heterocycles. The zero-order chi connectivity index (χ0) is 17.2. The molecule has 25 heavy (non-hydrogen) atoms. The highest BCUT2D eigenvalue weighted by Crippen LogP contribution is 2.36. The Kier molecular flexibility index (Phi) is 4.35. The van der Waals surface area contributed by atoms with Crippen molar-refractivity contribution >= 4 is 11.6 Å². The van der Waals surface area contributed by atoms with E-state index in [-0.39, 0.29) is 18.6 Å². The van der Waals surface area contributed by atoms with Gasteiger partial charge in [0.15, 0.2) is 5.82 Å². The van der Waals surface area contributed by atoms with Gasteiger partial charge in [-0.15, -0.1) is 5.10 Å². The third-order valence-corrected chi connectivity index (χ3v) is 4.57. The summed E-state index contributed by atoms with van der Waals surface area (Å²) in [7, 11) is 0. The van der Waals surface area contributed by atoms with E-state index in [9.17, 15) is 4.79 Å². The van der Waals surface area contributed by atoms with Crippen molar-refractivity contribution in [2.75, 3.05) is 31.6 Å². The molecule has 1 amide bonds. The molecule has 1 unspecified atom stereocenters. The summed E-state index contributed by atoms with van der Waals surface area (Å²) >= 11 is 0. The molecule has 2 aromatic rings. The van der Waals surface area contributed by atoms with Crippen LogP contribution in [0.2, 0.25) is 0 Å². The van der Waals surface area contributed by atoms with Crippen LogP contribution in [-0.2, 0) is 9.53 Å². The van der Waals surface area contributed by atoms with Crippen molar-refractivity contribution in [2.45, 2.75) is 31.9 Å². The van der Waals surface area contributed by atoms with Gasteiger partial charge in [-0.05, 0) is 54.5 Å². The van der Waals surface area contributed by atoms with E-state index in [1.54, 1.807) is 0 Å². The third kappa shape index (κ3) is 3.63. The predicted octanol–water partition coefficient (Wildman–Crippen LogP) is 1.33. The van der Waals surface area contributed by atoms with Crippen LogP contribution in [0.5, 0.6) is 0 Å². The summed E-state index contributed by atoms with van der Waals surface area (Å²) in [5.74, 6) is 0.893. The van der Waals surface area contributed by atoms with Crippen LogP contribution < -0.4 is 5.32 Å². The molecule has 1 aromatic heterocycles. The first-order chi connectivity index (χ1) is 12.2. The van der Waals surface area contributed by atoms with Gasteiger partial charge >= 0.3 is 0 Å². The van der Waals surface area contributed by atoms with E-state index < -0.39 is 0 Å². The number of anilines is 1. The smallest absolute Gasteiger partial charge is 0.242 e. The van der Waals surface area contributed by atoms with Crippen molar-refractivity contribution in [3.8, 4) is 11.4 Å². The van der Waals surface area contributed by atoms with E-state index in [1.165, 1.54) is 0 Å². The number of ether oxygens (including phenoxy) is 1. The molecule has 4 rings (SSSR count). The van der Waals surface area contributed by atoms with E-state index in [4.69, 9.17) is 4.74 Å². The number of tetrazole rings is 1. The Labute approximate surface area is 146 Å². The minimum absolute atomic E-state index is 0.0944. The second kappa shape index (κ2) is 6.79. The quantitative estimate of drug-likeness (QED) is 0.882. The highest BCUT2D eigenvalue weighted by Gasteiger charge is 2.28. The maximum atomic E-state index is 12.3. The SMILES string of the molecule is CC1CN(C(=O)CNc2ccc(-c3nnnn3C3CC3)cc2)CCO1. The van der Waals surface area contributed by atoms with Crippen LogP contribution in [0.4, 0.5) is 5.69 Å². The second-order valence-electron chi connectivity index (χ2n) is 6.63. The Morgan fingerprint density at radius 3 is 2.84 bits per heavy atom. The highest BCUT2D eigenvalue weighted by molar-refractivity contribution is 5.81. The third-order valence-electron chi connectivity index (χ3n) is 4.57. The molecular formula is C17H22N6O2. The van der Waals surface area contributed by atoms with Crippen LogP contribution >= 0.6 is 0 Å². The number of morpholine rings is 1. The molecule has 1 N–H and O–H groups in total. The van der Waals surface area contributed by atoms with E-state index >= 15 is 0 Å². The van der Waals surface area contributed by atoms with E-state index in [0.717, 1.165) is 29.9 Å². The molecule has 8 heteroatoms. The summed E-state index contributed by atoms with van der Waals surface area (Å²) in [5.41, 5.74) is 1.89. The van der Waals surface area contributed by atoms with Crippen molar-refractivity contribution in [3.63, 3.8) is 0 Å². The maximum Gasteiger partial charge on any atom is 0.242 e. The fourth-order valence-electron chi connectivity index (χ4n) is 3.02. The van der Waals surface area contributed by atoms with Crippen LogP contribution in [0.1, 0.15) is 25.8 Å². The van der Waals surface area contributed by atoms with Gasteiger partial charge in [0.1, 0.15) is 0 Å². The zero-order valence-electron chi connectivity index (χ0n) is 14.3. The minimum atomic E-state index is 0.0944. The highest BCUT2D eigenvalue weighted by atomic mass is 16.5. The van der Waals surface area contributed by atoms with E-state index in [2.05, 4.69) is 20.8 Å². The molecule has 1 aliphatic carbocycles. The van der Waals surface area contributed by atoms with Crippen LogP contribution in [0.15, 0.2) is 24.3 Å². The van der Waals surface area contributed by atoms with Crippen molar-refractivity contribution < 1.29 is 9.53 Å². The van der Waals surface area contributed by atoms with Crippen LogP contribution in [0.3, 0.4) is 0 Å². The van der Waals surface area contributed by atoms with Crippen LogP contribution in [0.25, 0.3) is 11.4 Å². The molecule has 1 atom stereocenters. The molecule has 1 saturated heterocycles. The molecule has 1 saturated carbocycles. The fourth-order valence-corrected chi connectivity index (χ4v) is 3.02. The summed E-state index contributed by atoms with van der Waals surface area (Å²) in [5, 5.41) is 15.2. The number of hydrogen-bond donors (Lipinski definition) is 1. The number of hydrogen-bond acceptors (Lipinski definition) is 6. The van der Waals surface area contributed by atoms with E-state index in [0.29, 0.717) is 25.7 Å². The second-order valence-corrected chi connectivity index (χ2v) is 6.63. The lowest BCUT2D eigenvalue weighted by Crippen LogP contribution is -2.46. The number of benzene rings is 1. The lowest BCUT2D eigenvalue weighted by Gasteiger charge is -2.31. The van der Waals surface area contributed by atoms with Crippen LogP contribution in [0, 0.1) is 0 Å². The standard InChI is InChI=1S/C17H22N6O2/c1-12-11-22(8-9-25-12)16(24)10-18-14-4-2-13(3-5-14)17-19-20-21-23(17)15-6-7-15/h2-5,12,15,18H,6-11H2,1H3. The zero-order valence-corrected chi connectivity index (χ0v) is 14.3. The monoisotopic (exact) mass is 342 g/mol. The molecular weight excluding hydrogens is 320 g/mol. The number of carbonyl (C=O) groups excluding carboxylic acids is 1. The van der Waals surface area contributed by atoms with Gasteiger partial charge in [0.05, 0.1) is 25.3 Å². The van der Waals surface area contributed by atoms with Gasteiger partial charge in [-0.25, -0.2) is 4.68 Å². The van der Waals surface area contributed by atoms with Crippen molar-refractivity contribution in [1.82, 2.24) is 25.1 Å². The number of nitrogens with one attached hydrogen (secondary N) is 1. The Morgan fingerprint density at radius 1 is 1.32 bits per heavy atom. The first-order valence-corrected chi connectivity index (χ1v) is 8.72.